The lowest BCUT2D eigenvalue weighted by molar-refractivity contribution is -0.122. The summed E-state index contributed by atoms with van der Waals surface area (Å²) in [7, 11) is 0. The number of rotatable bonds is 0. The van der Waals surface area contributed by atoms with Crippen molar-refractivity contribution in [1.82, 2.24) is 0 Å². The van der Waals surface area contributed by atoms with Gasteiger partial charge in [0.1, 0.15) is 5.78 Å². The number of allylic oxidation sites excluding steroid dienone is 1. The number of aliphatic hydroxyl groups is 1. The first-order valence-electron chi connectivity index (χ1n) is 4.67. The summed E-state index contributed by atoms with van der Waals surface area (Å²) in [5.41, 5.74) is 1.45. The van der Waals surface area contributed by atoms with E-state index in [0.29, 0.717) is 18.1 Å². The maximum Gasteiger partial charge on any atom is 0.137 e. The van der Waals surface area contributed by atoms with Gasteiger partial charge in [0.2, 0.25) is 0 Å². The summed E-state index contributed by atoms with van der Waals surface area (Å²) in [5.74, 6) is 1.40. The number of carbonyl (C=O) groups is 1. The van der Waals surface area contributed by atoms with Crippen LogP contribution in [0.3, 0.4) is 0 Å². The Morgan fingerprint density at radius 1 is 1.42 bits per heavy atom. The van der Waals surface area contributed by atoms with Crippen LogP contribution in [0.5, 0.6) is 0 Å². The molecule has 0 radical (unpaired) electrons. The number of hydrogen-bond donors (Lipinski definition) is 1. The number of aliphatic hydroxyl groups excluding tert-OH is 1. The molecule has 0 aromatic heterocycles. The zero-order valence-electron chi connectivity index (χ0n) is 6.86. The van der Waals surface area contributed by atoms with Crippen molar-refractivity contribution in [3.05, 3.63) is 11.6 Å². The topological polar surface area (TPSA) is 37.3 Å². The molecule has 1 N–H and O–H groups in total. The summed E-state index contributed by atoms with van der Waals surface area (Å²) < 4.78 is 0. The Bertz CT molecular complexity index is 280. The summed E-state index contributed by atoms with van der Waals surface area (Å²) in [6.45, 7) is 0. The highest BCUT2D eigenvalue weighted by atomic mass is 16.3. The third-order valence-corrected chi connectivity index (χ3v) is 3.74. The minimum absolute atomic E-state index is 0.243. The molecule has 0 amide bonds. The molecule has 2 heteroatoms. The van der Waals surface area contributed by atoms with E-state index in [0.717, 1.165) is 12.8 Å². The minimum Gasteiger partial charge on any atom is -0.392 e. The van der Waals surface area contributed by atoms with Crippen LogP contribution in [0.25, 0.3) is 0 Å². The lowest BCUT2D eigenvalue weighted by Gasteiger charge is -2.41. The third kappa shape index (κ3) is 0.626. The third-order valence-electron chi connectivity index (χ3n) is 3.74. The van der Waals surface area contributed by atoms with Crippen LogP contribution in [-0.2, 0) is 4.79 Å². The van der Waals surface area contributed by atoms with Gasteiger partial charge in [-0.05, 0) is 24.7 Å². The van der Waals surface area contributed by atoms with Crippen molar-refractivity contribution in [1.29, 1.82) is 0 Å². The molecule has 3 aliphatic carbocycles. The fraction of sp³-hybridized carbons (Fsp3) is 0.700. The van der Waals surface area contributed by atoms with E-state index in [1.165, 1.54) is 5.57 Å². The molecule has 0 aliphatic heterocycles. The Labute approximate surface area is 71.3 Å². The zero-order valence-corrected chi connectivity index (χ0v) is 6.86. The minimum atomic E-state index is -0.243. The molecule has 0 spiro atoms. The monoisotopic (exact) mass is 164 g/mol. The van der Waals surface area contributed by atoms with Crippen molar-refractivity contribution in [2.24, 2.45) is 17.8 Å². The predicted molar refractivity (Wildman–Crippen MR) is 43.4 cm³/mol. The maximum absolute atomic E-state index is 11.4. The molecule has 64 valence electrons. The van der Waals surface area contributed by atoms with Crippen LogP contribution in [0, 0.1) is 17.8 Å². The van der Waals surface area contributed by atoms with Gasteiger partial charge in [-0.25, -0.2) is 0 Å². The highest BCUT2D eigenvalue weighted by molar-refractivity contribution is 5.87. The Morgan fingerprint density at radius 3 is 3.00 bits per heavy atom. The Hall–Kier alpha value is -0.630. The fourth-order valence-electron chi connectivity index (χ4n) is 3.05. The molecule has 0 aromatic rings. The van der Waals surface area contributed by atoms with E-state index in [2.05, 4.69) is 6.08 Å². The summed E-state index contributed by atoms with van der Waals surface area (Å²) in [6, 6.07) is 0. The first kappa shape index (κ1) is 6.84. The molecule has 0 unspecified atom stereocenters. The molecule has 3 rings (SSSR count). The Balaban J connectivity index is 2.01. The van der Waals surface area contributed by atoms with Crippen LogP contribution in [0.4, 0.5) is 0 Å². The Kier molecular flexibility index (Phi) is 1.14. The molecule has 0 heterocycles. The van der Waals surface area contributed by atoms with E-state index in [1.54, 1.807) is 0 Å². The number of hydrogen-bond acceptors (Lipinski definition) is 2. The van der Waals surface area contributed by atoms with E-state index < -0.39 is 0 Å². The van der Waals surface area contributed by atoms with Gasteiger partial charge in [-0.1, -0.05) is 11.6 Å². The predicted octanol–water partition coefficient (Wildman–Crippen LogP) is 0.902. The van der Waals surface area contributed by atoms with Gasteiger partial charge in [0, 0.05) is 12.3 Å². The molecule has 0 bridgehead atoms. The van der Waals surface area contributed by atoms with E-state index in [1.807, 2.05) is 0 Å². The molecule has 2 saturated carbocycles. The molecule has 12 heavy (non-hydrogen) atoms. The average Bonchev–Trinajstić information content (AvgIpc) is 2.24. The van der Waals surface area contributed by atoms with Crippen molar-refractivity contribution in [3.8, 4) is 0 Å². The first-order valence-corrected chi connectivity index (χ1v) is 4.67. The van der Waals surface area contributed by atoms with Crippen molar-refractivity contribution < 1.29 is 9.90 Å². The van der Waals surface area contributed by atoms with Gasteiger partial charge >= 0.3 is 0 Å². The fourth-order valence-corrected chi connectivity index (χ4v) is 3.05. The quantitative estimate of drug-likeness (QED) is 0.540. The smallest absolute Gasteiger partial charge is 0.137 e. The first-order chi connectivity index (χ1) is 5.77. The molecule has 2 fully saturated rings. The second kappa shape index (κ2) is 1.99. The normalized spacial score (nSPS) is 49.8. The SMILES string of the molecule is O=C1C[C@H]2[C@@H]3C(=CC[C@@H]2O)C[C@H]13. The molecular weight excluding hydrogens is 152 g/mol. The highest BCUT2D eigenvalue weighted by Gasteiger charge is 2.54. The summed E-state index contributed by atoms with van der Waals surface area (Å²) in [6.07, 6.45) is 4.30. The summed E-state index contributed by atoms with van der Waals surface area (Å²) in [5, 5.41) is 9.64. The largest absolute Gasteiger partial charge is 0.392 e. The standard InChI is InChI=1S/C10H12O2/c11-8-2-1-5-3-6-9(12)4-7(8)10(5)6/h1,6-8,10-11H,2-4H2/t6-,7-,8+,10-/m1/s1. The Morgan fingerprint density at radius 2 is 2.25 bits per heavy atom. The van der Waals surface area contributed by atoms with E-state index >= 15 is 0 Å². The lowest BCUT2D eigenvalue weighted by atomic mass is 9.64. The van der Waals surface area contributed by atoms with Gasteiger partial charge in [-0.2, -0.15) is 0 Å². The molecule has 3 aliphatic rings. The van der Waals surface area contributed by atoms with E-state index in [-0.39, 0.29) is 17.9 Å². The van der Waals surface area contributed by atoms with Crippen LogP contribution < -0.4 is 0 Å². The van der Waals surface area contributed by atoms with E-state index in [9.17, 15) is 9.90 Å². The van der Waals surface area contributed by atoms with Crippen LogP contribution in [0.2, 0.25) is 0 Å². The van der Waals surface area contributed by atoms with Crippen molar-refractivity contribution in [2.45, 2.75) is 25.4 Å². The summed E-state index contributed by atoms with van der Waals surface area (Å²) >= 11 is 0. The van der Waals surface area contributed by atoms with Crippen LogP contribution >= 0.6 is 0 Å². The highest BCUT2D eigenvalue weighted by Crippen LogP contribution is 2.55. The molecular formula is C10H12O2. The van der Waals surface area contributed by atoms with Gasteiger partial charge in [-0.15, -0.1) is 0 Å². The van der Waals surface area contributed by atoms with Gasteiger partial charge in [-0.3, -0.25) is 4.79 Å². The van der Waals surface area contributed by atoms with Crippen LogP contribution in [0.1, 0.15) is 19.3 Å². The number of Topliss-reactive ketones (excluding diaryl/α,β-unsaturated/α-hetero) is 1. The van der Waals surface area contributed by atoms with Gasteiger partial charge < -0.3 is 5.11 Å². The van der Waals surface area contributed by atoms with Gasteiger partial charge in [0.15, 0.2) is 0 Å². The summed E-state index contributed by atoms with van der Waals surface area (Å²) in [4.78, 5) is 11.4. The number of carbonyl (C=O) groups excluding carboxylic acids is 1. The van der Waals surface area contributed by atoms with Crippen molar-refractivity contribution in [3.63, 3.8) is 0 Å². The second-order valence-electron chi connectivity index (χ2n) is 4.25. The maximum atomic E-state index is 11.4. The lowest BCUT2D eigenvalue weighted by Crippen LogP contribution is -2.38. The molecule has 0 saturated heterocycles. The van der Waals surface area contributed by atoms with Gasteiger partial charge in [0.05, 0.1) is 6.10 Å². The van der Waals surface area contributed by atoms with Crippen LogP contribution in [0.15, 0.2) is 11.6 Å². The van der Waals surface area contributed by atoms with Crippen molar-refractivity contribution >= 4 is 5.78 Å². The van der Waals surface area contributed by atoms with Crippen molar-refractivity contribution in [2.75, 3.05) is 0 Å². The average molecular weight is 164 g/mol. The van der Waals surface area contributed by atoms with Crippen LogP contribution in [-0.4, -0.2) is 17.0 Å². The molecule has 2 nitrogen and oxygen atoms in total. The zero-order chi connectivity index (χ0) is 8.29. The molecule has 0 aromatic carbocycles. The molecule has 4 atom stereocenters. The number of ketones is 1. The van der Waals surface area contributed by atoms with E-state index in [4.69, 9.17) is 0 Å². The second-order valence-corrected chi connectivity index (χ2v) is 4.25. The van der Waals surface area contributed by atoms with Gasteiger partial charge in [0.25, 0.3) is 0 Å².